The van der Waals surface area contributed by atoms with Crippen LogP contribution in [0.4, 0.5) is 5.13 Å². The number of ether oxygens (including phenoxy) is 1. The zero-order valence-corrected chi connectivity index (χ0v) is 19.2. The fourth-order valence-corrected chi connectivity index (χ4v) is 4.31. The van der Waals surface area contributed by atoms with Crippen LogP contribution in [0.5, 0.6) is 5.75 Å². The van der Waals surface area contributed by atoms with Crippen LogP contribution in [0.1, 0.15) is 42.3 Å². The monoisotopic (exact) mass is 435 g/mol. The molecule has 0 N–H and O–H groups in total. The summed E-state index contributed by atoms with van der Waals surface area (Å²) >= 11 is 1.64. The third kappa shape index (κ3) is 5.25. The minimum Gasteiger partial charge on any atom is -0.489 e. The summed E-state index contributed by atoms with van der Waals surface area (Å²) < 4.78 is 5.92. The average molecular weight is 436 g/mol. The molecule has 1 fully saturated rings. The first-order valence-electron chi connectivity index (χ1n) is 10.7. The third-order valence-electron chi connectivity index (χ3n) is 5.58. The van der Waals surface area contributed by atoms with Crippen LogP contribution < -0.4 is 9.64 Å². The summed E-state index contributed by atoms with van der Waals surface area (Å²) in [7, 11) is 0. The molecule has 0 unspecified atom stereocenters. The minimum atomic E-state index is 0.0871. The van der Waals surface area contributed by atoms with Crippen molar-refractivity contribution in [3.63, 3.8) is 0 Å². The number of nitrogens with zero attached hydrogens (tertiary/aromatic N) is 3. The van der Waals surface area contributed by atoms with E-state index in [-0.39, 0.29) is 11.3 Å². The van der Waals surface area contributed by atoms with Crippen molar-refractivity contribution in [1.29, 1.82) is 0 Å². The number of hydrogen-bond donors (Lipinski definition) is 0. The highest BCUT2D eigenvalue weighted by molar-refractivity contribution is 7.13. The van der Waals surface area contributed by atoms with Gasteiger partial charge in [-0.15, -0.1) is 11.3 Å². The highest BCUT2D eigenvalue weighted by Gasteiger charge is 2.23. The minimum absolute atomic E-state index is 0.0871. The number of amides is 1. The normalized spacial score (nSPS) is 14.5. The van der Waals surface area contributed by atoms with Gasteiger partial charge in [0.25, 0.3) is 5.91 Å². The molecule has 1 aliphatic rings. The van der Waals surface area contributed by atoms with E-state index in [0.29, 0.717) is 19.7 Å². The lowest BCUT2D eigenvalue weighted by atomic mass is 9.87. The van der Waals surface area contributed by atoms with E-state index in [1.165, 1.54) is 5.56 Å². The van der Waals surface area contributed by atoms with Gasteiger partial charge in [0, 0.05) is 43.3 Å². The van der Waals surface area contributed by atoms with Gasteiger partial charge in [-0.25, -0.2) is 4.98 Å². The second-order valence-corrected chi connectivity index (χ2v) is 9.73. The number of anilines is 1. The van der Waals surface area contributed by atoms with Gasteiger partial charge in [0.2, 0.25) is 0 Å². The standard InChI is InChI=1S/C25H29N3O2S/c1-25(2,3)21-8-10-22(11-9-21)30-18-19-4-6-20(7-5-19)23(29)27-13-15-28(16-14-27)24-26-12-17-31-24/h4-12,17H,13-16,18H2,1-3H3. The van der Waals surface area contributed by atoms with E-state index < -0.39 is 0 Å². The Labute approximate surface area is 188 Å². The summed E-state index contributed by atoms with van der Waals surface area (Å²) in [6.07, 6.45) is 1.82. The first kappa shape index (κ1) is 21.4. The predicted molar refractivity (Wildman–Crippen MR) is 126 cm³/mol. The maximum atomic E-state index is 12.9. The Morgan fingerprint density at radius 1 is 1.00 bits per heavy atom. The maximum absolute atomic E-state index is 12.9. The zero-order valence-electron chi connectivity index (χ0n) is 18.4. The first-order valence-corrected chi connectivity index (χ1v) is 11.5. The highest BCUT2D eigenvalue weighted by atomic mass is 32.1. The highest BCUT2D eigenvalue weighted by Crippen LogP contribution is 2.25. The zero-order chi connectivity index (χ0) is 21.8. The Balaban J connectivity index is 1.29. The molecule has 2 aromatic carbocycles. The van der Waals surface area contributed by atoms with Gasteiger partial charge in [-0.1, -0.05) is 45.0 Å². The third-order valence-corrected chi connectivity index (χ3v) is 6.42. The van der Waals surface area contributed by atoms with Crippen LogP contribution in [-0.4, -0.2) is 42.0 Å². The van der Waals surface area contributed by atoms with E-state index >= 15 is 0 Å². The molecule has 5 nitrogen and oxygen atoms in total. The van der Waals surface area contributed by atoms with Gasteiger partial charge < -0.3 is 14.5 Å². The lowest BCUT2D eigenvalue weighted by Gasteiger charge is -2.34. The van der Waals surface area contributed by atoms with Crippen LogP contribution in [0, 0.1) is 0 Å². The van der Waals surface area contributed by atoms with Gasteiger partial charge in [0.15, 0.2) is 5.13 Å². The summed E-state index contributed by atoms with van der Waals surface area (Å²) in [5.74, 6) is 0.940. The lowest BCUT2D eigenvalue weighted by molar-refractivity contribution is 0.0746. The molecule has 2 heterocycles. The SMILES string of the molecule is CC(C)(C)c1ccc(OCc2ccc(C(=O)N3CCN(c4nccs4)CC3)cc2)cc1. The summed E-state index contributed by atoms with van der Waals surface area (Å²) in [6.45, 7) is 10.2. The number of rotatable bonds is 5. The second kappa shape index (κ2) is 9.10. The van der Waals surface area contributed by atoms with Crippen molar-refractivity contribution in [2.75, 3.05) is 31.1 Å². The van der Waals surface area contributed by atoms with Gasteiger partial charge in [-0.05, 0) is 40.8 Å². The molecule has 1 saturated heterocycles. The molecule has 1 amide bonds. The molecule has 1 aromatic heterocycles. The Morgan fingerprint density at radius 2 is 1.68 bits per heavy atom. The molecule has 0 atom stereocenters. The van der Waals surface area contributed by atoms with E-state index in [1.807, 2.05) is 52.9 Å². The summed E-state index contributed by atoms with van der Waals surface area (Å²) in [5, 5.41) is 3.02. The molecule has 6 heteroatoms. The van der Waals surface area contributed by atoms with Crippen molar-refractivity contribution >= 4 is 22.4 Å². The topological polar surface area (TPSA) is 45.7 Å². The number of piperazine rings is 1. The molecule has 162 valence electrons. The Hall–Kier alpha value is -2.86. The van der Waals surface area contributed by atoms with Gasteiger partial charge in [0.05, 0.1) is 0 Å². The van der Waals surface area contributed by atoms with Gasteiger partial charge >= 0.3 is 0 Å². The molecule has 0 spiro atoms. The van der Waals surface area contributed by atoms with Crippen LogP contribution in [0.2, 0.25) is 0 Å². The van der Waals surface area contributed by atoms with Crippen LogP contribution in [-0.2, 0) is 12.0 Å². The van der Waals surface area contributed by atoms with Crippen molar-refractivity contribution < 1.29 is 9.53 Å². The number of carbonyl (C=O) groups is 1. The maximum Gasteiger partial charge on any atom is 0.253 e. The molecule has 0 bridgehead atoms. The number of aromatic nitrogens is 1. The van der Waals surface area contributed by atoms with Crippen molar-refractivity contribution in [2.45, 2.75) is 32.8 Å². The lowest BCUT2D eigenvalue weighted by Crippen LogP contribution is -2.48. The number of thiazole rings is 1. The summed E-state index contributed by atoms with van der Waals surface area (Å²) in [6, 6.07) is 16.0. The predicted octanol–water partition coefficient (Wildman–Crippen LogP) is 4.98. The van der Waals surface area contributed by atoms with Crippen LogP contribution in [0.15, 0.2) is 60.1 Å². The molecular weight excluding hydrogens is 406 g/mol. The van der Waals surface area contributed by atoms with Crippen LogP contribution in [0.25, 0.3) is 0 Å². The van der Waals surface area contributed by atoms with Crippen molar-refractivity contribution in [2.24, 2.45) is 0 Å². The molecule has 0 aliphatic carbocycles. The van der Waals surface area contributed by atoms with E-state index in [2.05, 4.69) is 42.8 Å². The number of benzene rings is 2. The van der Waals surface area contributed by atoms with Gasteiger partial charge in [0.1, 0.15) is 12.4 Å². The van der Waals surface area contributed by atoms with E-state index in [1.54, 1.807) is 11.3 Å². The molecule has 4 rings (SSSR count). The van der Waals surface area contributed by atoms with Crippen LogP contribution >= 0.6 is 11.3 Å². The molecular formula is C25H29N3O2S. The first-order chi connectivity index (χ1) is 14.9. The second-order valence-electron chi connectivity index (χ2n) is 8.85. The average Bonchev–Trinajstić information content (AvgIpc) is 3.32. The Bertz CT molecular complexity index is 985. The Morgan fingerprint density at radius 3 is 2.26 bits per heavy atom. The van der Waals surface area contributed by atoms with Crippen molar-refractivity contribution in [3.8, 4) is 5.75 Å². The quantitative estimate of drug-likeness (QED) is 0.567. The number of hydrogen-bond acceptors (Lipinski definition) is 5. The molecule has 0 radical (unpaired) electrons. The Kier molecular flexibility index (Phi) is 6.28. The summed E-state index contributed by atoms with van der Waals surface area (Å²) in [5.41, 5.74) is 3.19. The van der Waals surface area contributed by atoms with Gasteiger partial charge in [-0.3, -0.25) is 4.79 Å². The molecule has 3 aromatic rings. The molecule has 0 saturated carbocycles. The van der Waals surface area contributed by atoms with Crippen LogP contribution in [0.3, 0.4) is 0 Å². The van der Waals surface area contributed by atoms with Crippen molar-refractivity contribution in [1.82, 2.24) is 9.88 Å². The van der Waals surface area contributed by atoms with E-state index in [9.17, 15) is 4.79 Å². The van der Waals surface area contributed by atoms with Crippen molar-refractivity contribution in [3.05, 3.63) is 76.8 Å². The number of carbonyl (C=O) groups excluding carboxylic acids is 1. The fraction of sp³-hybridized carbons (Fsp3) is 0.360. The fourth-order valence-electron chi connectivity index (χ4n) is 3.62. The molecule has 1 aliphatic heterocycles. The van der Waals surface area contributed by atoms with Gasteiger partial charge in [-0.2, -0.15) is 0 Å². The smallest absolute Gasteiger partial charge is 0.253 e. The summed E-state index contributed by atoms with van der Waals surface area (Å²) in [4.78, 5) is 21.4. The molecule has 31 heavy (non-hydrogen) atoms. The largest absolute Gasteiger partial charge is 0.489 e. The van der Waals surface area contributed by atoms with E-state index in [0.717, 1.165) is 35.1 Å². The van der Waals surface area contributed by atoms with E-state index in [4.69, 9.17) is 4.74 Å².